The van der Waals surface area contributed by atoms with Gasteiger partial charge in [0.1, 0.15) is 5.78 Å². The van der Waals surface area contributed by atoms with Crippen molar-refractivity contribution in [2.45, 2.75) is 97.0 Å². The molecule has 0 aliphatic heterocycles. The standard InChI is InChI=1S/C29H34O5.C3H6O/c1-17(30)18-3-5-19(6-4-18)24-16-28(2)25(11-13-29(28,34)14-12-26(32)33)23-9-7-20-15-21(31)8-10-22(20)27(23)24;1-3(2)4/h3-6,15,23-25,34H,7-14,16H2,1-2H3,(H,32,33);1-2H3/t23-,24+,25-,28-,29-;/m0./s1. The van der Waals surface area contributed by atoms with Gasteiger partial charge in [0, 0.05) is 29.7 Å². The Bertz CT molecular complexity index is 1200. The summed E-state index contributed by atoms with van der Waals surface area (Å²) in [5, 5.41) is 21.2. The van der Waals surface area contributed by atoms with E-state index in [1.165, 1.54) is 30.6 Å². The maximum absolute atomic E-state index is 12.2. The molecule has 6 heteroatoms. The van der Waals surface area contributed by atoms with Crippen LogP contribution in [-0.4, -0.2) is 39.1 Å². The molecule has 2 fully saturated rings. The molecular weight excluding hydrogens is 480 g/mol. The number of carboxylic acids is 1. The van der Waals surface area contributed by atoms with Gasteiger partial charge in [0.25, 0.3) is 0 Å². The van der Waals surface area contributed by atoms with Crippen molar-refractivity contribution in [2.24, 2.45) is 17.3 Å². The van der Waals surface area contributed by atoms with Crippen LogP contribution >= 0.6 is 0 Å². The number of carbonyl (C=O) groups excluding carboxylic acids is 3. The fourth-order valence-corrected chi connectivity index (χ4v) is 7.73. The second kappa shape index (κ2) is 10.7. The number of hydrogen-bond acceptors (Lipinski definition) is 5. The second-order valence-electron chi connectivity index (χ2n) is 12.0. The number of hydrogen-bond donors (Lipinski definition) is 2. The first-order valence-corrected chi connectivity index (χ1v) is 13.9. The Morgan fingerprint density at radius 1 is 1.00 bits per heavy atom. The van der Waals surface area contributed by atoms with Crippen LogP contribution in [0.4, 0.5) is 0 Å². The zero-order valence-corrected chi connectivity index (χ0v) is 23.0. The molecule has 4 aliphatic carbocycles. The molecule has 5 rings (SSSR count). The number of carboxylic acid groups (broad SMARTS) is 1. The van der Waals surface area contributed by atoms with E-state index in [0.717, 1.165) is 37.7 Å². The van der Waals surface area contributed by atoms with Crippen LogP contribution in [0.15, 0.2) is 47.1 Å². The summed E-state index contributed by atoms with van der Waals surface area (Å²) in [4.78, 5) is 44.8. The molecule has 2 N–H and O–H groups in total. The number of ketones is 3. The van der Waals surface area contributed by atoms with Gasteiger partial charge in [-0.15, -0.1) is 0 Å². The third-order valence-electron chi connectivity index (χ3n) is 9.53. The van der Waals surface area contributed by atoms with Crippen LogP contribution in [0.3, 0.4) is 0 Å². The number of carbonyl (C=O) groups is 4. The molecule has 6 nitrogen and oxygen atoms in total. The van der Waals surface area contributed by atoms with E-state index in [9.17, 15) is 29.4 Å². The minimum atomic E-state index is -0.998. The Morgan fingerprint density at radius 3 is 2.26 bits per heavy atom. The summed E-state index contributed by atoms with van der Waals surface area (Å²) in [7, 11) is 0. The van der Waals surface area contributed by atoms with Gasteiger partial charge in [-0.25, -0.2) is 0 Å². The summed E-state index contributed by atoms with van der Waals surface area (Å²) < 4.78 is 0. The van der Waals surface area contributed by atoms with E-state index in [1.807, 2.05) is 30.3 Å². The molecule has 38 heavy (non-hydrogen) atoms. The van der Waals surface area contributed by atoms with Gasteiger partial charge < -0.3 is 15.0 Å². The van der Waals surface area contributed by atoms with Crippen LogP contribution in [0.1, 0.15) is 107 Å². The summed E-state index contributed by atoms with van der Waals surface area (Å²) in [6.07, 6.45) is 7.60. The predicted octanol–water partition coefficient (Wildman–Crippen LogP) is 5.98. The van der Waals surface area contributed by atoms with Crippen molar-refractivity contribution >= 4 is 23.3 Å². The summed E-state index contributed by atoms with van der Waals surface area (Å²) in [5.74, 6) is 0.277. The van der Waals surface area contributed by atoms with Crippen LogP contribution in [0, 0.1) is 17.3 Å². The molecule has 0 saturated heterocycles. The summed E-state index contributed by atoms with van der Waals surface area (Å²) in [5.41, 5.74) is 4.42. The first kappa shape index (κ1) is 28.2. The second-order valence-corrected chi connectivity index (χ2v) is 12.0. The van der Waals surface area contributed by atoms with Crippen molar-refractivity contribution in [2.75, 3.05) is 0 Å². The molecule has 0 aromatic heterocycles. The molecule has 1 aromatic rings. The van der Waals surface area contributed by atoms with Crippen LogP contribution in [-0.2, 0) is 14.4 Å². The number of aliphatic carboxylic acids is 1. The highest BCUT2D eigenvalue weighted by Gasteiger charge is 2.62. The average Bonchev–Trinajstić information content (AvgIpc) is 3.12. The molecule has 4 aliphatic rings. The minimum absolute atomic E-state index is 0.0234. The lowest BCUT2D eigenvalue weighted by atomic mass is 9.51. The van der Waals surface area contributed by atoms with Crippen molar-refractivity contribution < 1.29 is 29.4 Å². The maximum atomic E-state index is 12.2. The van der Waals surface area contributed by atoms with E-state index in [0.29, 0.717) is 30.2 Å². The summed E-state index contributed by atoms with van der Waals surface area (Å²) in [6, 6.07) is 7.88. The van der Waals surface area contributed by atoms with Crippen molar-refractivity contribution in [3.8, 4) is 0 Å². The third kappa shape index (κ3) is 5.20. The molecule has 0 amide bonds. The smallest absolute Gasteiger partial charge is 0.303 e. The molecule has 0 heterocycles. The van der Waals surface area contributed by atoms with Crippen LogP contribution < -0.4 is 0 Å². The monoisotopic (exact) mass is 520 g/mol. The fourth-order valence-electron chi connectivity index (χ4n) is 7.73. The number of aliphatic hydroxyl groups is 1. The predicted molar refractivity (Wildman–Crippen MR) is 145 cm³/mol. The molecule has 0 spiro atoms. The Labute approximate surface area is 225 Å². The van der Waals surface area contributed by atoms with Gasteiger partial charge in [0.15, 0.2) is 11.6 Å². The van der Waals surface area contributed by atoms with E-state index in [4.69, 9.17) is 0 Å². The SMILES string of the molecule is CC(=O)c1ccc([C@H]2C[C@@]3(C)[C@@H](CC[C@]3(O)CCC(=O)O)[C@@H]3CCC4=CC(=O)CCC4=C32)cc1.CC(C)=O. The molecule has 0 unspecified atom stereocenters. The van der Waals surface area contributed by atoms with Crippen molar-refractivity contribution in [3.63, 3.8) is 0 Å². The summed E-state index contributed by atoms with van der Waals surface area (Å²) >= 11 is 0. The number of allylic oxidation sites excluding steroid dienone is 4. The Balaban J connectivity index is 0.000000786. The molecule has 2 saturated carbocycles. The molecule has 0 radical (unpaired) electrons. The number of rotatable bonds is 5. The van der Waals surface area contributed by atoms with Crippen molar-refractivity contribution in [3.05, 3.63) is 58.2 Å². The van der Waals surface area contributed by atoms with E-state index in [2.05, 4.69) is 6.92 Å². The first-order valence-electron chi connectivity index (χ1n) is 13.9. The lowest BCUT2D eigenvalue weighted by Crippen LogP contribution is -2.51. The van der Waals surface area contributed by atoms with E-state index >= 15 is 0 Å². The lowest BCUT2D eigenvalue weighted by Gasteiger charge is -2.55. The van der Waals surface area contributed by atoms with Gasteiger partial charge >= 0.3 is 5.97 Å². The van der Waals surface area contributed by atoms with Crippen molar-refractivity contribution in [1.29, 1.82) is 0 Å². The van der Waals surface area contributed by atoms with Gasteiger partial charge in [-0.3, -0.25) is 14.4 Å². The lowest BCUT2D eigenvalue weighted by molar-refractivity contribution is -0.142. The van der Waals surface area contributed by atoms with Crippen LogP contribution in [0.5, 0.6) is 0 Å². The van der Waals surface area contributed by atoms with Gasteiger partial charge in [-0.1, -0.05) is 36.8 Å². The van der Waals surface area contributed by atoms with E-state index < -0.39 is 11.6 Å². The quantitative estimate of drug-likeness (QED) is 0.462. The Morgan fingerprint density at radius 2 is 1.66 bits per heavy atom. The zero-order valence-electron chi connectivity index (χ0n) is 23.0. The van der Waals surface area contributed by atoms with E-state index in [-0.39, 0.29) is 41.5 Å². The molecule has 1 aromatic carbocycles. The largest absolute Gasteiger partial charge is 0.481 e. The van der Waals surface area contributed by atoms with Crippen LogP contribution in [0.2, 0.25) is 0 Å². The highest BCUT2D eigenvalue weighted by atomic mass is 16.4. The Hall–Kier alpha value is -2.86. The minimum Gasteiger partial charge on any atom is -0.481 e. The number of benzene rings is 1. The van der Waals surface area contributed by atoms with Gasteiger partial charge in [-0.05, 0) is 100 Å². The third-order valence-corrected chi connectivity index (χ3v) is 9.53. The topological polar surface area (TPSA) is 109 Å². The normalized spacial score (nSPS) is 31.8. The molecule has 5 atom stereocenters. The van der Waals surface area contributed by atoms with Crippen molar-refractivity contribution in [1.82, 2.24) is 0 Å². The summed E-state index contributed by atoms with van der Waals surface area (Å²) in [6.45, 7) is 6.81. The first-order chi connectivity index (χ1) is 17.9. The van der Waals surface area contributed by atoms with Crippen LogP contribution in [0.25, 0.3) is 0 Å². The van der Waals surface area contributed by atoms with Gasteiger partial charge in [0.05, 0.1) is 5.60 Å². The molecular formula is C32H40O6. The number of fused-ring (bicyclic) bond motifs is 4. The average molecular weight is 521 g/mol. The molecule has 0 bridgehead atoms. The van der Waals surface area contributed by atoms with E-state index in [1.54, 1.807) is 6.92 Å². The molecule has 204 valence electrons. The fraction of sp³-hybridized carbons (Fsp3) is 0.562. The Kier molecular flexibility index (Phi) is 7.94. The van der Waals surface area contributed by atoms with Gasteiger partial charge in [0.2, 0.25) is 0 Å². The maximum Gasteiger partial charge on any atom is 0.303 e. The highest BCUT2D eigenvalue weighted by Crippen LogP contribution is 2.67. The van der Waals surface area contributed by atoms with Gasteiger partial charge in [-0.2, -0.15) is 0 Å². The highest BCUT2D eigenvalue weighted by molar-refractivity contribution is 5.94. The zero-order chi connectivity index (χ0) is 27.8. The number of Topliss-reactive ketones (excluding diaryl/α,β-unsaturated/α-hetero) is 2.